The van der Waals surface area contributed by atoms with Gasteiger partial charge in [-0.05, 0) is 45.4 Å². The second-order valence-electron chi connectivity index (χ2n) is 7.16. The molecule has 8 nitrogen and oxygen atoms in total. The molecule has 0 atom stereocenters. The van der Waals surface area contributed by atoms with Crippen molar-refractivity contribution in [1.29, 1.82) is 0 Å². The summed E-state index contributed by atoms with van der Waals surface area (Å²) in [4.78, 5) is 28.9. The van der Waals surface area contributed by atoms with Crippen LogP contribution >= 0.6 is 0 Å². The van der Waals surface area contributed by atoms with E-state index in [1.807, 2.05) is 11.9 Å². The molecule has 0 unspecified atom stereocenters. The van der Waals surface area contributed by atoms with Gasteiger partial charge in [-0.15, -0.1) is 0 Å². The van der Waals surface area contributed by atoms with Crippen LogP contribution in [0.25, 0.3) is 6.08 Å². The highest BCUT2D eigenvalue weighted by Crippen LogP contribution is 2.17. The lowest BCUT2D eigenvalue weighted by Crippen LogP contribution is -2.51. The van der Waals surface area contributed by atoms with Crippen LogP contribution in [0.2, 0.25) is 0 Å². The van der Waals surface area contributed by atoms with Crippen molar-refractivity contribution < 1.29 is 19.1 Å². The number of carbonyl (C=O) groups is 2. The highest BCUT2D eigenvalue weighted by molar-refractivity contribution is 5.98. The first-order chi connectivity index (χ1) is 12.7. The average molecular weight is 376 g/mol. The zero-order chi connectivity index (χ0) is 20.0. The fraction of sp³-hybridized carbons (Fsp3) is 0.526. The van der Waals surface area contributed by atoms with Crippen molar-refractivity contribution in [3.63, 3.8) is 0 Å². The van der Waals surface area contributed by atoms with Gasteiger partial charge in [0.05, 0.1) is 18.8 Å². The van der Waals surface area contributed by atoms with Crippen LogP contribution in [-0.2, 0) is 14.3 Å². The van der Waals surface area contributed by atoms with Crippen LogP contribution < -0.4 is 5.73 Å². The number of nitrogen functional groups attached to an aromatic ring is 1. The summed E-state index contributed by atoms with van der Waals surface area (Å²) in [6, 6.07) is 1.63. The van der Waals surface area contributed by atoms with Crippen molar-refractivity contribution in [2.45, 2.75) is 33.3 Å². The predicted octanol–water partition coefficient (Wildman–Crippen LogP) is 1.73. The highest BCUT2D eigenvalue weighted by Gasteiger charge is 2.25. The third-order valence-electron chi connectivity index (χ3n) is 3.85. The van der Waals surface area contributed by atoms with Crippen molar-refractivity contribution >= 4 is 23.8 Å². The van der Waals surface area contributed by atoms with Crippen LogP contribution in [0.3, 0.4) is 0 Å². The molecule has 0 saturated carbocycles. The molecule has 1 aliphatic heterocycles. The minimum atomic E-state index is -0.568. The zero-order valence-corrected chi connectivity index (χ0v) is 16.4. The summed E-state index contributed by atoms with van der Waals surface area (Å²) in [6.07, 6.45) is 4.38. The highest BCUT2D eigenvalue weighted by atomic mass is 16.6. The molecule has 0 bridgehead atoms. The topological polar surface area (TPSA) is 98.0 Å². The molecule has 27 heavy (non-hydrogen) atoms. The van der Waals surface area contributed by atoms with E-state index in [0.717, 1.165) is 0 Å². The molecule has 0 aliphatic carbocycles. The molecule has 1 aromatic rings. The first-order valence-corrected chi connectivity index (χ1v) is 9.02. The van der Waals surface area contributed by atoms with Gasteiger partial charge in [-0.3, -0.25) is 9.80 Å². The van der Waals surface area contributed by atoms with E-state index in [9.17, 15) is 9.59 Å². The van der Waals surface area contributed by atoms with Gasteiger partial charge in [0.15, 0.2) is 0 Å². The molecule has 1 fully saturated rings. The second kappa shape index (κ2) is 8.96. The van der Waals surface area contributed by atoms with E-state index in [-0.39, 0.29) is 11.7 Å². The molecule has 0 spiro atoms. The van der Waals surface area contributed by atoms with E-state index in [0.29, 0.717) is 44.0 Å². The first kappa shape index (κ1) is 20.9. The lowest BCUT2D eigenvalue weighted by Gasteiger charge is -2.36. The number of nitrogens with zero attached hydrogens (tertiary/aromatic N) is 3. The number of pyridine rings is 1. The van der Waals surface area contributed by atoms with E-state index < -0.39 is 11.6 Å². The van der Waals surface area contributed by atoms with Crippen molar-refractivity contribution in [2.24, 2.45) is 0 Å². The molecule has 8 heteroatoms. The van der Waals surface area contributed by atoms with Gasteiger partial charge in [0, 0.05) is 31.9 Å². The van der Waals surface area contributed by atoms with Crippen LogP contribution in [0, 0.1) is 0 Å². The molecule has 0 aromatic carbocycles. The Hall–Kier alpha value is -2.45. The Balaban J connectivity index is 2.18. The van der Waals surface area contributed by atoms with Gasteiger partial charge in [0.1, 0.15) is 11.4 Å². The third-order valence-corrected chi connectivity index (χ3v) is 3.85. The minimum Gasteiger partial charge on any atom is -0.457 e. The van der Waals surface area contributed by atoms with E-state index in [2.05, 4.69) is 4.98 Å². The summed E-state index contributed by atoms with van der Waals surface area (Å²) >= 11 is 0. The van der Waals surface area contributed by atoms with E-state index in [4.69, 9.17) is 15.2 Å². The maximum absolute atomic E-state index is 13.0. The fourth-order valence-corrected chi connectivity index (χ4v) is 2.66. The number of ether oxygens (including phenoxy) is 2. The summed E-state index contributed by atoms with van der Waals surface area (Å²) in [5.41, 5.74) is 6.26. The van der Waals surface area contributed by atoms with Gasteiger partial charge in [-0.1, -0.05) is 0 Å². The van der Waals surface area contributed by atoms with Crippen molar-refractivity contribution in [3.8, 4) is 0 Å². The SMILES string of the molecule is CCN(C(=O)c1cc(C=CC(=O)OC(C)(C)C)cnc1N)N1CCOCC1. The van der Waals surface area contributed by atoms with Crippen molar-refractivity contribution in [2.75, 3.05) is 38.6 Å². The van der Waals surface area contributed by atoms with Gasteiger partial charge in [0.2, 0.25) is 0 Å². The first-order valence-electron chi connectivity index (χ1n) is 9.02. The maximum atomic E-state index is 13.0. The molecule has 148 valence electrons. The summed E-state index contributed by atoms with van der Waals surface area (Å²) in [5.74, 6) is -0.534. The predicted molar refractivity (Wildman–Crippen MR) is 103 cm³/mol. The standard InChI is InChI=1S/C19H28N4O4/c1-5-23(22-8-10-26-11-9-22)18(25)15-12-14(13-21-17(15)20)6-7-16(24)27-19(2,3)4/h6-7,12-13H,5,8-11H2,1-4H3,(H2,20,21). The molecule has 2 N–H and O–H groups in total. The van der Waals surface area contributed by atoms with Crippen LogP contribution in [0.4, 0.5) is 5.82 Å². The monoisotopic (exact) mass is 376 g/mol. The van der Waals surface area contributed by atoms with Gasteiger partial charge in [-0.2, -0.15) is 0 Å². The van der Waals surface area contributed by atoms with E-state index >= 15 is 0 Å². The van der Waals surface area contributed by atoms with Gasteiger partial charge in [-0.25, -0.2) is 14.8 Å². The number of aromatic nitrogens is 1. The third kappa shape index (κ3) is 6.04. The summed E-state index contributed by atoms with van der Waals surface area (Å²) in [7, 11) is 0. The van der Waals surface area contributed by atoms with Crippen LogP contribution in [-0.4, -0.2) is 65.3 Å². The van der Waals surface area contributed by atoms with Crippen LogP contribution in [0.1, 0.15) is 43.6 Å². The largest absolute Gasteiger partial charge is 0.457 e. The molecular weight excluding hydrogens is 348 g/mol. The minimum absolute atomic E-state index is 0.154. The number of amides is 1. The Kier molecular flexibility index (Phi) is 6.92. The smallest absolute Gasteiger partial charge is 0.331 e. The number of morpholine rings is 1. The number of rotatable bonds is 5. The molecule has 1 aliphatic rings. The van der Waals surface area contributed by atoms with Crippen LogP contribution in [0.5, 0.6) is 0 Å². The normalized spacial score (nSPS) is 15.7. The Morgan fingerprint density at radius 2 is 2.04 bits per heavy atom. The van der Waals surface area contributed by atoms with Gasteiger partial charge >= 0.3 is 5.97 Å². The summed E-state index contributed by atoms with van der Waals surface area (Å²) in [5, 5.41) is 3.60. The number of nitrogens with two attached hydrogens (primary N) is 1. The fourth-order valence-electron chi connectivity index (χ4n) is 2.66. The van der Waals surface area contributed by atoms with Gasteiger partial charge in [0.25, 0.3) is 5.91 Å². The Morgan fingerprint density at radius 3 is 2.63 bits per heavy atom. The summed E-state index contributed by atoms with van der Waals surface area (Å²) in [6.45, 7) is 10.3. The molecule has 1 aromatic heterocycles. The molecule has 0 radical (unpaired) electrons. The Labute approximate surface area is 159 Å². The molecule has 1 amide bonds. The van der Waals surface area contributed by atoms with E-state index in [1.54, 1.807) is 37.9 Å². The lowest BCUT2D eigenvalue weighted by molar-refractivity contribution is -0.148. The molecule has 2 heterocycles. The van der Waals surface area contributed by atoms with Crippen LogP contribution in [0.15, 0.2) is 18.3 Å². The zero-order valence-electron chi connectivity index (χ0n) is 16.4. The number of hydrogen-bond donors (Lipinski definition) is 1. The number of hydrogen-bond acceptors (Lipinski definition) is 7. The number of anilines is 1. The maximum Gasteiger partial charge on any atom is 0.331 e. The number of carbonyl (C=O) groups excluding carboxylic acids is 2. The van der Waals surface area contributed by atoms with Gasteiger partial charge < -0.3 is 15.2 Å². The Bertz CT molecular complexity index is 706. The Morgan fingerprint density at radius 1 is 1.37 bits per heavy atom. The molecular formula is C19H28N4O4. The molecule has 1 saturated heterocycles. The lowest BCUT2D eigenvalue weighted by atomic mass is 10.1. The number of esters is 1. The second-order valence-corrected chi connectivity index (χ2v) is 7.16. The van der Waals surface area contributed by atoms with Crippen molar-refractivity contribution in [3.05, 3.63) is 29.5 Å². The number of hydrazine groups is 1. The average Bonchev–Trinajstić information content (AvgIpc) is 2.61. The summed E-state index contributed by atoms with van der Waals surface area (Å²) < 4.78 is 10.6. The van der Waals surface area contributed by atoms with E-state index in [1.165, 1.54) is 12.3 Å². The van der Waals surface area contributed by atoms with Crippen molar-refractivity contribution in [1.82, 2.24) is 15.0 Å². The molecule has 2 rings (SSSR count). The quantitative estimate of drug-likeness (QED) is 0.617.